The quantitative estimate of drug-likeness (QED) is 0.721. The van der Waals surface area contributed by atoms with E-state index in [1.807, 2.05) is 0 Å². The van der Waals surface area contributed by atoms with E-state index in [1.165, 1.54) is 25.4 Å². The molecule has 2 N–H and O–H groups in total. The third-order valence-electron chi connectivity index (χ3n) is 3.13. The average molecular weight is 412 g/mol. The van der Waals surface area contributed by atoms with Crippen LogP contribution in [0.2, 0.25) is 15.1 Å². The summed E-state index contributed by atoms with van der Waals surface area (Å²) >= 11 is 18.2. The van der Waals surface area contributed by atoms with Gasteiger partial charge in [-0.1, -0.05) is 40.9 Å². The third kappa shape index (κ3) is 4.05. The molecule has 1 aromatic carbocycles. The number of nitrogen functional groups attached to an aromatic ring is 1. The number of carbonyl (C=O) groups is 1. The maximum absolute atomic E-state index is 12.4. The lowest BCUT2D eigenvalue weighted by Gasteiger charge is -2.15. The van der Waals surface area contributed by atoms with Gasteiger partial charge < -0.3 is 15.2 Å². The molecule has 1 heterocycles. The number of alkyl halides is 2. The summed E-state index contributed by atoms with van der Waals surface area (Å²) in [6.45, 7) is -0.876. The number of nitrogens with zero attached hydrogens (tertiary/aromatic N) is 1. The molecule has 2 rings (SSSR count). The molecule has 25 heavy (non-hydrogen) atoms. The highest BCUT2D eigenvalue weighted by molar-refractivity contribution is 6.40. The van der Waals surface area contributed by atoms with E-state index < -0.39 is 19.0 Å². The van der Waals surface area contributed by atoms with E-state index in [0.717, 1.165) is 0 Å². The standard InChI is InChI=1S/C15H11Cl3F2N2O3/c1-24-15(23)13-11(18)12(21)7(4-22-13)6-2-3-8(16)14(10(6)17)25-5-9(19)20/h2-4,9H,5H2,1H3,(H2,21,22). The molecule has 0 saturated carbocycles. The van der Waals surface area contributed by atoms with Crippen molar-refractivity contribution in [3.05, 3.63) is 39.1 Å². The van der Waals surface area contributed by atoms with E-state index in [9.17, 15) is 13.6 Å². The van der Waals surface area contributed by atoms with Crippen LogP contribution in [-0.2, 0) is 4.74 Å². The highest BCUT2D eigenvalue weighted by Gasteiger charge is 2.21. The van der Waals surface area contributed by atoms with Gasteiger partial charge in [-0.2, -0.15) is 0 Å². The minimum atomic E-state index is -2.70. The number of anilines is 1. The second-order valence-electron chi connectivity index (χ2n) is 4.68. The van der Waals surface area contributed by atoms with Gasteiger partial charge in [0.1, 0.15) is 6.61 Å². The van der Waals surface area contributed by atoms with Crippen LogP contribution >= 0.6 is 34.8 Å². The third-order valence-corrected chi connectivity index (χ3v) is 4.18. The molecule has 0 bridgehead atoms. The minimum Gasteiger partial charge on any atom is -0.484 e. The number of aromatic nitrogens is 1. The summed E-state index contributed by atoms with van der Waals surface area (Å²) in [4.78, 5) is 15.5. The predicted molar refractivity (Wildman–Crippen MR) is 92.0 cm³/mol. The Kier molecular flexibility index (Phi) is 6.26. The Morgan fingerprint density at radius 1 is 1.24 bits per heavy atom. The molecule has 10 heteroatoms. The van der Waals surface area contributed by atoms with Crippen LogP contribution in [0.25, 0.3) is 11.1 Å². The largest absolute Gasteiger partial charge is 0.484 e. The lowest BCUT2D eigenvalue weighted by atomic mass is 10.0. The smallest absolute Gasteiger partial charge is 0.358 e. The van der Waals surface area contributed by atoms with Crippen LogP contribution in [0.3, 0.4) is 0 Å². The number of hydrogen-bond acceptors (Lipinski definition) is 5. The van der Waals surface area contributed by atoms with Crippen LogP contribution in [0.1, 0.15) is 10.5 Å². The first-order valence-electron chi connectivity index (χ1n) is 6.69. The van der Waals surface area contributed by atoms with Crippen LogP contribution in [0.15, 0.2) is 18.3 Å². The minimum absolute atomic E-state index is 0.0149. The fourth-order valence-electron chi connectivity index (χ4n) is 1.97. The Hall–Kier alpha value is -1.83. The van der Waals surface area contributed by atoms with E-state index in [1.54, 1.807) is 0 Å². The summed E-state index contributed by atoms with van der Waals surface area (Å²) in [7, 11) is 1.17. The van der Waals surface area contributed by atoms with Gasteiger partial charge in [-0.3, -0.25) is 0 Å². The van der Waals surface area contributed by atoms with Gasteiger partial charge >= 0.3 is 5.97 Å². The molecule has 1 aromatic heterocycles. The summed E-state index contributed by atoms with van der Waals surface area (Å²) in [5.74, 6) is -0.875. The van der Waals surface area contributed by atoms with Crippen LogP contribution < -0.4 is 10.5 Å². The number of esters is 1. The zero-order chi connectivity index (χ0) is 18.7. The van der Waals surface area contributed by atoms with Gasteiger partial charge in [0, 0.05) is 17.3 Å². The number of rotatable bonds is 5. The van der Waals surface area contributed by atoms with E-state index in [0.29, 0.717) is 5.56 Å². The topological polar surface area (TPSA) is 74.4 Å². The first kappa shape index (κ1) is 19.5. The van der Waals surface area contributed by atoms with Crippen molar-refractivity contribution in [3.8, 4) is 16.9 Å². The van der Waals surface area contributed by atoms with Gasteiger partial charge in [0.25, 0.3) is 6.43 Å². The molecule has 0 atom stereocenters. The monoisotopic (exact) mass is 410 g/mol. The van der Waals surface area contributed by atoms with Gasteiger partial charge in [0.05, 0.1) is 27.9 Å². The van der Waals surface area contributed by atoms with Crippen molar-refractivity contribution in [2.45, 2.75) is 6.43 Å². The van der Waals surface area contributed by atoms with E-state index in [-0.39, 0.29) is 37.8 Å². The fraction of sp³-hybridized carbons (Fsp3) is 0.200. The Balaban J connectivity index is 2.54. The molecule has 0 saturated heterocycles. The van der Waals surface area contributed by atoms with Crippen LogP contribution in [-0.4, -0.2) is 31.1 Å². The van der Waals surface area contributed by atoms with Gasteiger partial charge in [0.2, 0.25) is 0 Å². The second kappa shape index (κ2) is 8.03. The molecule has 0 aliphatic heterocycles. The number of methoxy groups -OCH3 is 1. The van der Waals surface area contributed by atoms with E-state index >= 15 is 0 Å². The maximum atomic E-state index is 12.4. The van der Waals surface area contributed by atoms with Crippen molar-refractivity contribution in [1.82, 2.24) is 4.98 Å². The Morgan fingerprint density at radius 3 is 2.52 bits per heavy atom. The highest BCUT2D eigenvalue weighted by atomic mass is 35.5. The Morgan fingerprint density at radius 2 is 1.92 bits per heavy atom. The molecule has 5 nitrogen and oxygen atoms in total. The Bertz CT molecular complexity index is 819. The normalized spacial score (nSPS) is 10.8. The zero-order valence-electron chi connectivity index (χ0n) is 12.7. The number of carbonyl (C=O) groups excluding carboxylic acids is 1. The lowest BCUT2D eigenvalue weighted by Crippen LogP contribution is -2.09. The molecule has 0 spiro atoms. The average Bonchev–Trinajstić information content (AvgIpc) is 2.57. The first-order valence-corrected chi connectivity index (χ1v) is 7.82. The number of nitrogens with two attached hydrogens (primary N) is 1. The van der Waals surface area contributed by atoms with Crippen LogP contribution in [0.5, 0.6) is 5.75 Å². The lowest BCUT2D eigenvalue weighted by molar-refractivity contribution is 0.0594. The number of benzene rings is 1. The van der Waals surface area contributed by atoms with Crippen molar-refractivity contribution < 1.29 is 23.0 Å². The molecular formula is C15H11Cl3F2N2O3. The van der Waals surface area contributed by atoms with Crippen LogP contribution in [0, 0.1) is 0 Å². The number of halogens is 5. The summed E-state index contributed by atoms with van der Waals surface area (Å²) in [6, 6.07) is 2.91. The van der Waals surface area contributed by atoms with Crippen molar-refractivity contribution in [2.24, 2.45) is 0 Å². The van der Waals surface area contributed by atoms with Crippen LogP contribution in [0.4, 0.5) is 14.5 Å². The number of hydrogen-bond donors (Lipinski definition) is 1. The second-order valence-corrected chi connectivity index (χ2v) is 5.84. The van der Waals surface area contributed by atoms with Crippen molar-refractivity contribution in [3.63, 3.8) is 0 Å². The first-order chi connectivity index (χ1) is 11.8. The highest BCUT2D eigenvalue weighted by Crippen LogP contribution is 2.43. The molecule has 134 valence electrons. The molecule has 0 radical (unpaired) electrons. The molecule has 0 aliphatic carbocycles. The molecule has 0 amide bonds. The SMILES string of the molecule is COC(=O)c1ncc(-c2ccc(Cl)c(OCC(F)F)c2Cl)c(N)c1Cl. The maximum Gasteiger partial charge on any atom is 0.358 e. The van der Waals surface area contributed by atoms with Gasteiger partial charge in [0.15, 0.2) is 11.4 Å². The summed E-state index contributed by atoms with van der Waals surface area (Å²) in [5.41, 5.74) is 6.39. The molecular weight excluding hydrogens is 401 g/mol. The predicted octanol–water partition coefficient (Wildman–Crippen LogP) is 4.72. The molecule has 0 aliphatic rings. The van der Waals surface area contributed by atoms with Crippen molar-refractivity contribution >= 4 is 46.5 Å². The van der Waals surface area contributed by atoms with Gasteiger partial charge in [-0.15, -0.1) is 0 Å². The number of ether oxygens (including phenoxy) is 2. The van der Waals surface area contributed by atoms with Crippen molar-refractivity contribution in [2.75, 3.05) is 19.5 Å². The molecule has 0 unspecified atom stereocenters. The zero-order valence-corrected chi connectivity index (χ0v) is 14.9. The molecule has 2 aromatic rings. The summed E-state index contributed by atoms with van der Waals surface area (Å²) in [6.07, 6.45) is -1.43. The fourth-order valence-corrected chi connectivity index (χ4v) is 2.78. The van der Waals surface area contributed by atoms with Gasteiger partial charge in [-0.05, 0) is 6.07 Å². The van der Waals surface area contributed by atoms with Gasteiger partial charge in [-0.25, -0.2) is 18.6 Å². The number of pyridine rings is 1. The Labute approximate surface area is 156 Å². The van der Waals surface area contributed by atoms with E-state index in [4.69, 9.17) is 45.3 Å². The van der Waals surface area contributed by atoms with Crippen molar-refractivity contribution in [1.29, 1.82) is 0 Å². The van der Waals surface area contributed by atoms with E-state index in [2.05, 4.69) is 9.72 Å². The summed E-state index contributed by atoms with van der Waals surface area (Å²) < 4.78 is 34.3. The summed E-state index contributed by atoms with van der Waals surface area (Å²) in [5, 5.41) is -0.104. The molecule has 0 fully saturated rings.